The molecule has 3 rings (SSSR count). The van der Waals surface area contributed by atoms with E-state index in [1.165, 1.54) is 16.7 Å². The van der Waals surface area contributed by atoms with E-state index < -0.39 is 5.91 Å². The largest absolute Gasteiger partial charge is 0.497 e. The molecule has 0 atom stereocenters. The molecule has 1 heterocycles. The number of benzene rings is 2. The standard InChI is InChI=1S/C17H16N4O4/c1-21-16(23)13-9-10(15(22)20-24)3-8-14(13)19-17(21)18-11-4-6-12(25-2)7-5-11/h3-9,24H,1-2H3,(H,18,19)(H,20,22). The molecule has 1 amide bonds. The third kappa shape index (κ3) is 3.15. The van der Waals surface area contributed by atoms with Crippen LogP contribution in [-0.4, -0.2) is 27.8 Å². The number of carbonyl (C=O) groups excluding carboxylic acids is 1. The molecule has 0 fully saturated rings. The van der Waals surface area contributed by atoms with E-state index in [1.54, 1.807) is 37.8 Å². The van der Waals surface area contributed by atoms with Crippen molar-refractivity contribution in [2.45, 2.75) is 0 Å². The Morgan fingerprint density at radius 2 is 1.92 bits per heavy atom. The maximum Gasteiger partial charge on any atom is 0.274 e. The average molecular weight is 340 g/mol. The summed E-state index contributed by atoms with van der Waals surface area (Å²) in [6.07, 6.45) is 0. The zero-order valence-electron chi connectivity index (χ0n) is 13.6. The number of fused-ring (bicyclic) bond motifs is 1. The van der Waals surface area contributed by atoms with Crippen LogP contribution in [0.3, 0.4) is 0 Å². The van der Waals surface area contributed by atoms with Gasteiger partial charge in [-0.05, 0) is 42.5 Å². The number of ether oxygens (including phenoxy) is 1. The molecule has 0 spiro atoms. The maximum absolute atomic E-state index is 12.6. The summed E-state index contributed by atoms with van der Waals surface area (Å²) in [6.45, 7) is 0. The van der Waals surface area contributed by atoms with Gasteiger partial charge in [0.1, 0.15) is 5.75 Å². The Balaban J connectivity index is 2.03. The molecule has 1 aromatic heterocycles. The highest BCUT2D eigenvalue weighted by molar-refractivity contribution is 5.97. The number of anilines is 2. The predicted molar refractivity (Wildman–Crippen MR) is 92.5 cm³/mol. The van der Waals surface area contributed by atoms with Crippen molar-refractivity contribution in [2.75, 3.05) is 12.4 Å². The van der Waals surface area contributed by atoms with Crippen LogP contribution in [0.15, 0.2) is 47.3 Å². The van der Waals surface area contributed by atoms with Crippen molar-refractivity contribution in [1.29, 1.82) is 0 Å². The Labute approximate surface area is 142 Å². The van der Waals surface area contributed by atoms with Crippen LogP contribution in [-0.2, 0) is 7.05 Å². The topological polar surface area (TPSA) is 105 Å². The van der Waals surface area contributed by atoms with Gasteiger partial charge in [0.25, 0.3) is 11.5 Å². The normalized spacial score (nSPS) is 10.5. The monoisotopic (exact) mass is 340 g/mol. The predicted octanol–water partition coefficient (Wildman–Crippen LogP) is 1.80. The Hall–Kier alpha value is -3.39. The van der Waals surface area contributed by atoms with E-state index in [-0.39, 0.29) is 16.5 Å². The zero-order valence-corrected chi connectivity index (χ0v) is 13.6. The molecular formula is C17H16N4O4. The lowest BCUT2D eigenvalue weighted by Gasteiger charge is -2.12. The molecule has 25 heavy (non-hydrogen) atoms. The second kappa shape index (κ2) is 6.62. The molecular weight excluding hydrogens is 324 g/mol. The second-order valence-electron chi connectivity index (χ2n) is 5.33. The maximum atomic E-state index is 12.6. The van der Waals surface area contributed by atoms with Gasteiger partial charge in [0.05, 0.1) is 18.0 Å². The van der Waals surface area contributed by atoms with E-state index in [1.807, 2.05) is 12.1 Å². The number of amides is 1. The van der Waals surface area contributed by atoms with Crippen LogP contribution in [0, 0.1) is 0 Å². The number of hydroxylamine groups is 1. The second-order valence-corrected chi connectivity index (χ2v) is 5.33. The Bertz CT molecular complexity index is 996. The molecule has 0 aliphatic rings. The highest BCUT2D eigenvalue weighted by atomic mass is 16.5. The van der Waals surface area contributed by atoms with Crippen LogP contribution in [0.5, 0.6) is 5.75 Å². The van der Waals surface area contributed by atoms with Crippen LogP contribution in [0.2, 0.25) is 0 Å². The van der Waals surface area contributed by atoms with Crippen molar-refractivity contribution in [2.24, 2.45) is 7.05 Å². The lowest BCUT2D eigenvalue weighted by Crippen LogP contribution is -2.23. The van der Waals surface area contributed by atoms with Crippen molar-refractivity contribution in [3.63, 3.8) is 0 Å². The summed E-state index contributed by atoms with van der Waals surface area (Å²) in [5, 5.41) is 12.1. The number of hydrogen-bond acceptors (Lipinski definition) is 6. The molecule has 2 aromatic carbocycles. The van der Waals surface area contributed by atoms with Crippen LogP contribution < -0.4 is 21.1 Å². The summed E-state index contributed by atoms with van der Waals surface area (Å²) in [6, 6.07) is 11.6. The van der Waals surface area contributed by atoms with E-state index in [2.05, 4.69) is 10.3 Å². The number of nitrogens with zero attached hydrogens (tertiary/aromatic N) is 2. The van der Waals surface area contributed by atoms with Gasteiger partial charge in [0.15, 0.2) is 0 Å². The van der Waals surface area contributed by atoms with Crippen molar-refractivity contribution >= 4 is 28.4 Å². The first-order chi connectivity index (χ1) is 12.0. The summed E-state index contributed by atoms with van der Waals surface area (Å²) < 4.78 is 6.46. The van der Waals surface area contributed by atoms with Gasteiger partial charge in [-0.25, -0.2) is 10.5 Å². The first-order valence-corrected chi connectivity index (χ1v) is 7.40. The fraction of sp³-hybridized carbons (Fsp3) is 0.118. The third-order valence-corrected chi connectivity index (χ3v) is 3.79. The molecule has 128 valence electrons. The van der Waals surface area contributed by atoms with E-state index in [0.29, 0.717) is 11.5 Å². The number of aromatic nitrogens is 2. The van der Waals surface area contributed by atoms with E-state index >= 15 is 0 Å². The van der Waals surface area contributed by atoms with Crippen LogP contribution in [0.1, 0.15) is 10.4 Å². The summed E-state index contributed by atoms with van der Waals surface area (Å²) in [5.74, 6) is 0.395. The van der Waals surface area contributed by atoms with Gasteiger partial charge in [0, 0.05) is 18.3 Å². The lowest BCUT2D eigenvalue weighted by atomic mass is 10.1. The molecule has 3 N–H and O–H groups in total. The summed E-state index contributed by atoms with van der Waals surface area (Å²) >= 11 is 0. The van der Waals surface area contributed by atoms with Gasteiger partial charge < -0.3 is 10.1 Å². The SMILES string of the molecule is COc1ccc(Nc2nc3ccc(C(=O)NO)cc3c(=O)n2C)cc1. The summed E-state index contributed by atoms with van der Waals surface area (Å²) in [4.78, 5) is 28.5. The fourth-order valence-electron chi connectivity index (χ4n) is 2.39. The van der Waals surface area contributed by atoms with Gasteiger partial charge >= 0.3 is 0 Å². The van der Waals surface area contributed by atoms with Crippen molar-refractivity contribution in [1.82, 2.24) is 15.0 Å². The number of hydrogen-bond donors (Lipinski definition) is 3. The van der Waals surface area contributed by atoms with Crippen LogP contribution >= 0.6 is 0 Å². The minimum Gasteiger partial charge on any atom is -0.497 e. The highest BCUT2D eigenvalue weighted by Gasteiger charge is 2.12. The molecule has 8 nitrogen and oxygen atoms in total. The number of nitrogens with one attached hydrogen (secondary N) is 2. The molecule has 0 radical (unpaired) electrons. The van der Waals surface area contributed by atoms with Gasteiger partial charge in [-0.2, -0.15) is 0 Å². The fourth-order valence-corrected chi connectivity index (χ4v) is 2.39. The number of methoxy groups -OCH3 is 1. The lowest BCUT2D eigenvalue weighted by molar-refractivity contribution is 0.0706. The minimum atomic E-state index is -0.690. The molecule has 0 unspecified atom stereocenters. The Morgan fingerprint density at radius 1 is 1.20 bits per heavy atom. The third-order valence-electron chi connectivity index (χ3n) is 3.79. The molecule has 8 heteroatoms. The van der Waals surface area contributed by atoms with Crippen LogP contribution in [0.25, 0.3) is 10.9 Å². The van der Waals surface area contributed by atoms with Crippen molar-refractivity contribution in [3.05, 3.63) is 58.4 Å². The van der Waals surface area contributed by atoms with Gasteiger partial charge in [0.2, 0.25) is 5.95 Å². The number of carbonyl (C=O) groups is 1. The van der Waals surface area contributed by atoms with Gasteiger partial charge in [-0.1, -0.05) is 0 Å². The van der Waals surface area contributed by atoms with Crippen LogP contribution in [0.4, 0.5) is 11.6 Å². The smallest absolute Gasteiger partial charge is 0.274 e. The first-order valence-electron chi connectivity index (χ1n) is 7.40. The average Bonchev–Trinajstić information content (AvgIpc) is 2.65. The summed E-state index contributed by atoms with van der Waals surface area (Å²) in [5.41, 5.74) is 2.59. The zero-order chi connectivity index (χ0) is 18.0. The molecule has 0 saturated heterocycles. The van der Waals surface area contributed by atoms with Gasteiger partial charge in [-0.3, -0.25) is 19.4 Å². The van der Waals surface area contributed by atoms with Crippen molar-refractivity contribution in [3.8, 4) is 5.75 Å². The quantitative estimate of drug-likeness (QED) is 0.494. The Kier molecular flexibility index (Phi) is 4.36. The van der Waals surface area contributed by atoms with E-state index in [4.69, 9.17) is 9.94 Å². The minimum absolute atomic E-state index is 0.171. The summed E-state index contributed by atoms with van der Waals surface area (Å²) in [7, 11) is 3.17. The first kappa shape index (κ1) is 16.5. The van der Waals surface area contributed by atoms with E-state index in [0.717, 1.165) is 11.4 Å². The molecule has 0 saturated carbocycles. The van der Waals surface area contributed by atoms with Crippen molar-refractivity contribution < 1.29 is 14.7 Å². The molecule has 0 aliphatic carbocycles. The number of rotatable bonds is 4. The molecule has 0 aliphatic heterocycles. The van der Waals surface area contributed by atoms with Gasteiger partial charge in [-0.15, -0.1) is 0 Å². The Morgan fingerprint density at radius 3 is 2.56 bits per heavy atom. The highest BCUT2D eigenvalue weighted by Crippen LogP contribution is 2.19. The molecule has 0 bridgehead atoms. The molecule has 3 aromatic rings. The van der Waals surface area contributed by atoms with E-state index in [9.17, 15) is 9.59 Å².